The first-order valence-corrected chi connectivity index (χ1v) is 7.07. The lowest BCUT2D eigenvalue weighted by atomic mass is 9.78. The first-order valence-electron chi connectivity index (χ1n) is 7.07. The number of pyridine rings is 1. The van der Waals surface area contributed by atoms with Gasteiger partial charge in [0.2, 0.25) is 0 Å². The highest BCUT2D eigenvalue weighted by atomic mass is 19.1. The molecule has 0 saturated carbocycles. The summed E-state index contributed by atoms with van der Waals surface area (Å²) in [6.07, 6.45) is 5.14. The topological polar surface area (TPSA) is 42.0 Å². The number of halogens is 1. The van der Waals surface area contributed by atoms with Gasteiger partial charge < -0.3 is 5.32 Å². The van der Waals surface area contributed by atoms with Gasteiger partial charge in [-0.1, -0.05) is 6.42 Å². The Morgan fingerprint density at radius 2 is 2.00 bits per heavy atom. The Hall–Kier alpha value is -1.29. The number of ketones is 1. The summed E-state index contributed by atoms with van der Waals surface area (Å²) in [4.78, 5) is 16.6. The number of nitrogens with one attached hydrogen (secondary N) is 1. The minimum Gasteiger partial charge on any atom is -0.311 e. The summed E-state index contributed by atoms with van der Waals surface area (Å²) < 4.78 is 13.8. The van der Waals surface area contributed by atoms with E-state index in [1.165, 1.54) is 12.5 Å². The van der Waals surface area contributed by atoms with E-state index >= 15 is 0 Å². The van der Waals surface area contributed by atoms with Crippen molar-refractivity contribution in [3.63, 3.8) is 0 Å². The number of hydrogen-bond acceptors (Lipinski definition) is 3. The molecule has 1 aromatic heterocycles. The third kappa shape index (κ3) is 2.54. The number of nitrogens with zero attached hydrogens (tertiary/aromatic N) is 1. The lowest BCUT2D eigenvalue weighted by molar-refractivity contribution is 0.0815. The quantitative estimate of drug-likeness (QED) is 0.833. The summed E-state index contributed by atoms with van der Waals surface area (Å²) in [5, 5.41) is 3.55. The molecule has 1 N–H and O–H groups in total. The van der Waals surface area contributed by atoms with E-state index in [0.29, 0.717) is 17.8 Å². The number of aryl methyl sites for hydroxylation is 1. The van der Waals surface area contributed by atoms with Crippen LogP contribution in [0.3, 0.4) is 0 Å². The second kappa shape index (κ2) is 5.00. The van der Waals surface area contributed by atoms with Crippen molar-refractivity contribution in [3.05, 3.63) is 29.3 Å². The van der Waals surface area contributed by atoms with Gasteiger partial charge in [0.15, 0.2) is 11.6 Å². The fourth-order valence-electron chi connectivity index (χ4n) is 3.39. The van der Waals surface area contributed by atoms with E-state index in [9.17, 15) is 9.18 Å². The molecule has 2 bridgehead atoms. The number of carbonyl (C=O) groups is 1. The van der Waals surface area contributed by atoms with Gasteiger partial charge in [-0.15, -0.1) is 0 Å². The maximum atomic E-state index is 13.8. The van der Waals surface area contributed by atoms with E-state index in [4.69, 9.17) is 0 Å². The molecular formula is C15H19FN2O. The smallest absolute Gasteiger partial charge is 0.187 e. The van der Waals surface area contributed by atoms with E-state index in [1.54, 1.807) is 13.0 Å². The van der Waals surface area contributed by atoms with Gasteiger partial charge in [-0.3, -0.25) is 4.79 Å². The standard InChI is InChI=1S/C15H19FN2O/c1-9-5-6-13(16)14(17-9)15(19)10-7-11-3-2-4-12(8-10)18-11/h5-6,10-12,18H,2-4,7-8H2,1H3. The predicted octanol–water partition coefficient (Wildman–Crippen LogP) is 2.63. The van der Waals surface area contributed by atoms with Crippen molar-refractivity contribution in [1.29, 1.82) is 0 Å². The van der Waals surface area contributed by atoms with Gasteiger partial charge in [0.25, 0.3) is 0 Å². The number of aromatic nitrogens is 1. The molecule has 3 heterocycles. The zero-order valence-electron chi connectivity index (χ0n) is 11.2. The number of carbonyl (C=O) groups excluding carboxylic acids is 1. The maximum Gasteiger partial charge on any atom is 0.187 e. The van der Waals surface area contributed by atoms with Crippen molar-refractivity contribution >= 4 is 5.78 Å². The maximum absolute atomic E-state index is 13.8. The molecule has 0 aromatic carbocycles. The second-order valence-electron chi connectivity index (χ2n) is 5.81. The molecule has 0 radical (unpaired) electrons. The van der Waals surface area contributed by atoms with Gasteiger partial charge in [0.1, 0.15) is 5.69 Å². The minimum atomic E-state index is -0.487. The van der Waals surface area contributed by atoms with Crippen molar-refractivity contribution < 1.29 is 9.18 Å². The number of Topliss-reactive ketones (excluding diaryl/α,β-unsaturated/α-hetero) is 1. The fourth-order valence-corrected chi connectivity index (χ4v) is 3.39. The number of fused-ring (bicyclic) bond motifs is 2. The Bertz CT molecular complexity index is 491. The third-order valence-electron chi connectivity index (χ3n) is 4.30. The molecule has 0 aliphatic carbocycles. The van der Waals surface area contributed by atoms with Gasteiger partial charge in [0, 0.05) is 23.7 Å². The van der Waals surface area contributed by atoms with Crippen LogP contribution in [0.25, 0.3) is 0 Å². The molecular weight excluding hydrogens is 243 g/mol. The molecule has 19 heavy (non-hydrogen) atoms. The summed E-state index contributed by atoms with van der Waals surface area (Å²) in [6, 6.07) is 3.80. The summed E-state index contributed by atoms with van der Waals surface area (Å²) in [7, 11) is 0. The van der Waals surface area contributed by atoms with Crippen LogP contribution in [0.4, 0.5) is 4.39 Å². The molecule has 4 heteroatoms. The zero-order chi connectivity index (χ0) is 13.4. The Labute approximate surface area is 112 Å². The summed E-state index contributed by atoms with van der Waals surface area (Å²) in [5.41, 5.74) is 0.726. The molecule has 1 aromatic rings. The minimum absolute atomic E-state index is 0.0324. The number of piperidine rings is 2. The molecule has 0 spiro atoms. The summed E-state index contributed by atoms with van der Waals surface area (Å²) >= 11 is 0. The first-order chi connectivity index (χ1) is 9.13. The lowest BCUT2D eigenvalue weighted by Gasteiger charge is -2.39. The highest BCUT2D eigenvalue weighted by molar-refractivity contribution is 5.96. The predicted molar refractivity (Wildman–Crippen MR) is 70.5 cm³/mol. The molecule has 0 amide bonds. The van der Waals surface area contributed by atoms with Crippen LogP contribution >= 0.6 is 0 Å². The van der Waals surface area contributed by atoms with Crippen LogP contribution in [0.5, 0.6) is 0 Å². The number of rotatable bonds is 2. The third-order valence-corrected chi connectivity index (χ3v) is 4.30. The summed E-state index contributed by atoms with van der Waals surface area (Å²) in [5.74, 6) is -0.667. The fraction of sp³-hybridized carbons (Fsp3) is 0.600. The van der Waals surface area contributed by atoms with Crippen LogP contribution in [0.1, 0.15) is 48.3 Å². The Balaban J connectivity index is 1.82. The van der Waals surface area contributed by atoms with Crippen LogP contribution in [-0.2, 0) is 0 Å². The van der Waals surface area contributed by atoms with Crippen molar-refractivity contribution in [2.45, 2.75) is 51.1 Å². The molecule has 2 aliphatic heterocycles. The van der Waals surface area contributed by atoms with Crippen molar-refractivity contribution in [2.24, 2.45) is 5.92 Å². The van der Waals surface area contributed by atoms with Crippen molar-refractivity contribution in [2.75, 3.05) is 0 Å². The van der Waals surface area contributed by atoms with Gasteiger partial charge in [-0.2, -0.15) is 0 Å². The normalized spacial score (nSPS) is 30.1. The molecule has 3 rings (SSSR count). The van der Waals surface area contributed by atoms with E-state index in [2.05, 4.69) is 10.3 Å². The van der Waals surface area contributed by atoms with E-state index in [-0.39, 0.29) is 17.4 Å². The molecule has 102 valence electrons. The molecule has 2 aliphatic rings. The molecule has 2 saturated heterocycles. The van der Waals surface area contributed by atoms with Crippen LogP contribution in [0, 0.1) is 18.7 Å². The van der Waals surface area contributed by atoms with Gasteiger partial charge in [0.05, 0.1) is 0 Å². The van der Waals surface area contributed by atoms with Gasteiger partial charge in [-0.05, 0) is 44.7 Å². The summed E-state index contributed by atoms with van der Waals surface area (Å²) in [6.45, 7) is 1.79. The first kappa shape index (κ1) is 12.7. The zero-order valence-corrected chi connectivity index (χ0v) is 11.2. The monoisotopic (exact) mass is 262 g/mol. The van der Waals surface area contributed by atoms with Crippen LogP contribution in [-0.4, -0.2) is 22.9 Å². The highest BCUT2D eigenvalue weighted by Gasteiger charge is 2.36. The Morgan fingerprint density at radius 3 is 2.68 bits per heavy atom. The van der Waals surface area contributed by atoms with Crippen molar-refractivity contribution in [1.82, 2.24) is 10.3 Å². The average molecular weight is 262 g/mol. The van der Waals surface area contributed by atoms with E-state index < -0.39 is 5.82 Å². The molecule has 2 atom stereocenters. The van der Waals surface area contributed by atoms with E-state index in [0.717, 1.165) is 25.7 Å². The SMILES string of the molecule is Cc1ccc(F)c(C(=O)C2CC3CCCC(C2)N3)n1. The second-order valence-corrected chi connectivity index (χ2v) is 5.81. The van der Waals surface area contributed by atoms with Crippen LogP contribution in [0.2, 0.25) is 0 Å². The van der Waals surface area contributed by atoms with Crippen LogP contribution in [0.15, 0.2) is 12.1 Å². The van der Waals surface area contributed by atoms with Crippen molar-refractivity contribution in [3.8, 4) is 0 Å². The largest absolute Gasteiger partial charge is 0.311 e. The molecule has 3 nitrogen and oxygen atoms in total. The lowest BCUT2D eigenvalue weighted by Crippen LogP contribution is -2.50. The Kier molecular flexibility index (Phi) is 3.35. The van der Waals surface area contributed by atoms with Gasteiger partial charge in [-0.25, -0.2) is 9.37 Å². The molecule has 2 unspecified atom stereocenters. The van der Waals surface area contributed by atoms with Gasteiger partial charge >= 0.3 is 0 Å². The number of hydrogen-bond donors (Lipinski definition) is 1. The van der Waals surface area contributed by atoms with Crippen LogP contribution < -0.4 is 5.32 Å². The van der Waals surface area contributed by atoms with E-state index in [1.807, 2.05) is 0 Å². The Morgan fingerprint density at radius 1 is 1.32 bits per heavy atom. The average Bonchev–Trinajstić information content (AvgIpc) is 2.40. The molecule has 2 fully saturated rings. The highest BCUT2D eigenvalue weighted by Crippen LogP contribution is 2.31.